The number of sulfone groups is 1. The molecule has 21 heavy (non-hydrogen) atoms. The van der Waals surface area contributed by atoms with Crippen molar-refractivity contribution < 1.29 is 8.42 Å². The molecule has 0 N–H and O–H groups in total. The number of hydrogen-bond donors (Lipinski definition) is 0. The molecule has 0 aliphatic heterocycles. The van der Waals surface area contributed by atoms with E-state index in [0.29, 0.717) is 5.92 Å². The normalized spacial score (nSPS) is 23.4. The quantitative estimate of drug-likeness (QED) is 0.570. The summed E-state index contributed by atoms with van der Waals surface area (Å²) in [6.07, 6.45) is 4.06. The van der Waals surface area contributed by atoms with E-state index in [2.05, 4.69) is 40.2 Å². The van der Waals surface area contributed by atoms with Crippen molar-refractivity contribution in [2.24, 2.45) is 5.92 Å². The van der Waals surface area contributed by atoms with Crippen LogP contribution in [0, 0.1) is 5.92 Å². The molecule has 2 unspecified atom stereocenters. The van der Waals surface area contributed by atoms with Gasteiger partial charge in [-0.05, 0) is 63.5 Å². The maximum atomic E-state index is 12.3. The third kappa shape index (κ3) is 3.89. The summed E-state index contributed by atoms with van der Waals surface area (Å²) in [5, 5.41) is 0. The lowest BCUT2D eigenvalue weighted by Gasteiger charge is -2.24. The first-order valence-electron chi connectivity index (χ1n) is 7.66. The van der Waals surface area contributed by atoms with E-state index in [1.807, 2.05) is 0 Å². The molecule has 2 atom stereocenters. The molecular weight excluding hydrogens is 348 g/mol. The molecule has 2 nitrogen and oxygen atoms in total. The fourth-order valence-electron chi connectivity index (χ4n) is 2.89. The Morgan fingerprint density at radius 1 is 1.24 bits per heavy atom. The summed E-state index contributed by atoms with van der Waals surface area (Å²) < 4.78 is 24.0. The Hall–Kier alpha value is -0.350. The Morgan fingerprint density at radius 2 is 1.90 bits per heavy atom. The second-order valence-corrected chi connectivity index (χ2v) is 10.8. The molecule has 118 valence electrons. The Morgan fingerprint density at radius 3 is 2.57 bits per heavy atom. The van der Waals surface area contributed by atoms with Crippen LogP contribution in [0.1, 0.15) is 56.0 Å². The average Bonchev–Trinajstić information content (AvgIpc) is 2.55. The van der Waals surface area contributed by atoms with Crippen molar-refractivity contribution in [3.05, 3.63) is 35.4 Å². The molecule has 0 amide bonds. The van der Waals surface area contributed by atoms with Crippen LogP contribution < -0.4 is 0 Å². The van der Waals surface area contributed by atoms with E-state index in [1.54, 1.807) is 20.8 Å². The minimum absolute atomic E-state index is 0.270. The van der Waals surface area contributed by atoms with Crippen LogP contribution in [-0.2, 0) is 16.3 Å². The van der Waals surface area contributed by atoms with E-state index in [1.165, 1.54) is 11.1 Å². The third-order valence-corrected chi connectivity index (χ3v) is 8.36. The second kappa shape index (κ2) is 6.41. The van der Waals surface area contributed by atoms with E-state index in [-0.39, 0.29) is 10.6 Å². The maximum absolute atomic E-state index is 12.3. The first-order valence-corrected chi connectivity index (χ1v) is 10.2. The van der Waals surface area contributed by atoms with Crippen molar-refractivity contribution in [1.29, 1.82) is 0 Å². The topological polar surface area (TPSA) is 34.1 Å². The molecule has 0 bridgehead atoms. The zero-order valence-electron chi connectivity index (χ0n) is 13.1. The summed E-state index contributed by atoms with van der Waals surface area (Å²) in [6.45, 7) is 5.36. The number of halogens is 1. The van der Waals surface area contributed by atoms with Crippen LogP contribution in [0.25, 0.3) is 0 Å². The summed E-state index contributed by atoms with van der Waals surface area (Å²) in [6, 6.07) is 8.52. The highest BCUT2D eigenvalue weighted by Crippen LogP contribution is 2.41. The zero-order valence-corrected chi connectivity index (χ0v) is 15.5. The van der Waals surface area contributed by atoms with Crippen molar-refractivity contribution in [2.75, 3.05) is 5.75 Å². The van der Waals surface area contributed by atoms with Gasteiger partial charge in [0, 0.05) is 4.83 Å². The van der Waals surface area contributed by atoms with Crippen LogP contribution in [0.2, 0.25) is 0 Å². The van der Waals surface area contributed by atoms with Crippen molar-refractivity contribution in [2.45, 2.75) is 56.0 Å². The van der Waals surface area contributed by atoms with Gasteiger partial charge in [-0.25, -0.2) is 8.42 Å². The second-order valence-electron chi connectivity index (χ2n) is 6.97. The van der Waals surface area contributed by atoms with Gasteiger partial charge in [0.25, 0.3) is 0 Å². The molecule has 0 fully saturated rings. The van der Waals surface area contributed by atoms with Gasteiger partial charge in [-0.3, -0.25) is 0 Å². The number of aryl methyl sites for hydroxylation is 1. The van der Waals surface area contributed by atoms with E-state index >= 15 is 0 Å². The summed E-state index contributed by atoms with van der Waals surface area (Å²) in [4.78, 5) is 0.270. The van der Waals surface area contributed by atoms with Crippen LogP contribution >= 0.6 is 15.9 Å². The first-order chi connectivity index (χ1) is 9.72. The SMILES string of the molecule is CC(C)(C)S(=O)(=O)CCC1CCCc2ccccc2C1Br. The molecule has 2 rings (SSSR count). The van der Waals surface area contributed by atoms with Gasteiger partial charge in [0.15, 0.2) is 9.84 Å². The molecule has 0 radical (unpaired) electrons. The fraction of sp³-hybridized carbons (Fsp3) is 0.647. The maximum Gasteiger partial charge on any atom is 0.155 e. The van der Waals surface area contributed by atoms with E-state index in [0.717, 1.165) is 25.7 Å². The largest absolute Gasteiger partial charge is 0.228 e. The molecule has 1 aromatic rings. The Bertz CT molecular complexity index is 587. The van der Waals surface area contributed by atoms with E-state index < -0.39 is 14.6 Å². The summed E-state index contributed by atoms with van der Waals surface area (Å²) in [5.41, 5.74) is 2.74. The zero-order chi connectivity index (χ0) is 15.7. The predicted octanol–water partition coefficient (Wildman–Crippen LogP) is 4.68. The van der Waals surface area contributed by atoms with E-state index in [9.17, 15) is 8.42 Å². The minimum atomic E-state index is -3.03. The summed E-state index contributed by atoms with van der Waals surface area (Å²) in [5.74, 6) is 0.677. The lowest BCUT2D eigenvalue weighted by molar-refractivity contribution is 0.457. The lowest BCUT2D eigenvalue weighted by Crippen LogP contribution is -2.31. The van der Waals surface area contributed by atoms with Crippen LogP contribution in [0.4, 0.5) is 0 Å². The highest BCUT2D eigenvalue weighted by Gasteiger charge is 2.32. The molecule has 0 heterocycles. The molecule has 1 aliphatic carbocycles. The highest BCUT2D eigenvalue weighted by molar-refractivity contribution is 9.09. The molecule has 0 saturated heterocycles. The molecule has 1 aromatic carbocycles. The van der Waals surface area contributed by atoms with Gasteiger partial charge in [0.1, 0.15) is 0 Å². The van der Waals surface area contributed by atoms with Gasteiger partial charge in [0.2, 0.25) is 0 Å². The smallest absolute Gasteiger partial charge is 0.155 e. The number of rotatable bonds is 3. The van der Waals surface area contributed by atoms with Crippen LogP contribution in [0.5, 0.6) is 0 Å². The molecule has 0 spiro atoms. The minimum Gasteiger partial charge on any atom is -0.228 e. The van der Waals surface area contributed by atoms with Gasteiger partial charge >= 0.3 is 0 Å². The average molecular weight is 373 g/mol. The lowest BCUT2D eigenvalue weighted by atomic mass is 9.94. The Kier molecular flexibility index (Phi) is 5.19. The number of alkyl halides is 1. The Balaban J connectivity index is 2.12. The molecule has 0 aromatic heterocycles. The number of fused-ring (bicyclic) bond motifs is 1. The molecule has 4 heteroatoms. The van der Waals surface area contributed by atoms with Gasteiger partial charge in [0.05, 0.1) is 10.5 Å². The van der Waals surface area contributed by atoms with Crippen molar-refractivity contribution in [3.63, 3.8) is 0 Å². The van der Waals surface area contributed by atoms with Crippen LogP contribution in [0.3, 0.4) is 0 Å². The third-order valence-electron chi connectivity index (χ3n) is 4.48. The summed E-state index contributed by atoms with van der Waals surface area (Å²) in [7, 11) is -3.03. The van der Waals surface area contributed by atoms with Crippen LogP contribution in [-0.4, -0.2) is 18.9 Å². The number of hydrogen-bond acceptors (Lipinski definition) is 2. The standard InChI is InChI=1S/C17H25BrO2S/c1-17(2,3)21(19,20)12-11-14-9-6-8-13-7-4-5-10-15(13)16(14)18/h4-5,7,10,14,16H,6,8-9,11-12H2,1-3H3. The molecule has 1 aliphatic rings. The van der Waals surface area contributed by atoms with Crippen LogP contribution in [0.15, 0.2) is 24.3 Å². The van der Waals surface area contributed by atoms with E-state index in [4.69, 9.17) is 0 Å². The van der Waals surface area contributed by atoms with Crippen molar-refractivity contribution >= 4 is 25.8 Å². The molecule has 0 saturated carbocycles. The van der Waals surface area contributed by atoms with Gasteiger partial charge < -0.3 is 0 Å². The first kappa shape index (κ1) is 17.0. The fourth-order valence-corrected chi connectivity index (χ4v) is 5.09. The monoisotopic (exact) mass is 372 g/mol. The van der Waals surface area contributed by atoms with Crippen molar-refractivity contribution in [3.8, 4) is 0 Å². The Labute approximate surface area is 137 Å². The number of benzene rings is 1. The van der Waals surface area contributed by atoms with Gasteiger partial charge in [-0.15, -0.1) is 0 Å². The highest BCUT2D eigenvalue weighted by atomic mass is 79.9. The van der Waals surface area contributed by atoms with Crippen molar-refractivity contribution in [1.82, 2.24) is 0 Å². The summed E-state index contributed by atoms with van der Waals surface area (Å²) >= 11 is 3.83. The predicted molar refractivity (Wildman–Crippen MR) is 92.7 cm³/mol. The van der Waals surface area contributed by atoms with Gasteiger partial charge in [-0.1, -0.05) is 40.2 Å². The molecular formula is C17H25BrO2S. The van der Waals surface area contributed by atoms with Gasteiger partial charge in [-0.2, -0.15) is 0 Å².